The van der Waals surface area contributed by atoms with Crippen LogP contribution in [0.15, 0.2) is 0 Å². The summed E-state index contributed by atoms with van der Waals surface area (Å²) in [5.74, 6) is 4.73. The Kier molecular flexibility index (Phi) is 3.56. The molecule has 0 radical (unpaired) electrons. The van der Waals surface area contributed by atoms with Crippen LogP contribution in [0.2, 0.25) is 0 Å². The van der Waals surface area contributed by atoms with Crippen molar-refractivity contribution in [3.63, 3.8) is 0 Å². The van der Waals surface area contributed by atoms with E-state index < -0.39 is 30.7 Å². The molecular formula is C6H13NO6. The molecule has 0 aliphatic carbocycles. The van der Waals surface area contributed by atoms with Crippen molar-refractivity contribution < 1.29 is 30.0 Å². The van der Waals surface area contributed by atoms with E-state index >= 15 is 0 Å². The van der Waals surface area contributed by atoms with E-state index in [1.807, 2.05) is 0 Å². The van der Waals surface area contributed by atoms with E-state index in [0.717, 1.165) is 0 Å². The van der Waals surface area contributed by atoms with Crippen molar-refractivity contribution in [1.82, 2.24) is 0 Å². The van der Waals surface area contributed by atoms with Crippen molar-refractivity contribution in [3.8, 4) is 0 Å². The zero-order valence-corrected chi connectivity index (χ0v) is 6.78. The average Bonchev–Trinajstić information content (AvgIpc) is 2.11. The molecule has 13 heavy (non-hydrogen) atoms. The first-order valence-electron chi connectivity index (χ1n) is 3.77. The Balaban J connectivity index is 2.59. The Bertz CT molecular complexity index is 167. The molecule has 7 nitrogen and oxygen atoms in total. The predicted molar refractivity (Wildman–Crippen MR) is 39.0 cm³/mol. The molecule has 1 rings (SSSR count). The van der Waals surface area contributed by atoms with Gasteiger partial charge in [0.05, 0.1) is 6.61 Å². The van der Waals surface area contributed by atoms with Gasteiger partial charge >= 0.3 is 0 Å². The first-order valence-corrected chi connectivity index (χ1v) is 3.77. The zero-order chi connectivity index (χ0) is 10.0. The summed E-state index contributed by atoms with van der Waals surface area (Å²) in [4.78, 5) is 4.19. The Morgan fingerprint density at radius 2 is 1.69 bits per heavy atom. The maximum Gasteiger partial charge on any atom is 0.184 e. The molecule has 1 heterocycles. The lowest BCUT2D eigenvalue weighted by atomic mass is 9.99. The Hall–Kier alpha value is -0.280. The Morgan fingerprint density at radius 1 is 1.08 bits per heavy atom. The number of aliphatic hydroxyl groups excluding tert-OH is 4. The first kappa shape index (κ1) is 10.8. The fraction of sp³-hybridized carbons (Fsp3) is 1.00. The second kappa shape index (κ2) is 4.29. The van der Waals surface area contributed by atoms with E-state index in [9.17, 15) is 10.2 Å². The highest BCUT2D eigenvalue weighted by atomic mass is 16.7. The van der Waals surface area contributed by atoms with Crippen LogP contribution in [0.5, 0.6) is 0 Å². The van der Waals surface area contributed by atoms with Gasteiger partial charge in [0.2, 0.25) is 0 Å². The highest BCUT2D eigenvalue weighted by Gasteiger charge is 2.42. The number of hydrogen-bond acceptors (Lipinski definition) is 7. The van der Waals surface area contributed by atoms with Gasteiger partial charge in [-0.2, -0.15) is 0 Å². The van der Waals surface area contributed by atoms with Crippen LogP contribution in [-0.4, -0.2) is 57.7 Å². The van der Waals surface area contributed by atoms with E-state index in [2.05, 4.69) is 4.84 Å². The summed E-state index contributed by atoms with van der Waals surface area (Å²) in [6.45, 7) is -0.179. The van der Waals surface area contributed by atoms with Crippen molar-refractivity contribution >= 4 is 0 Å². The van der Waals surface area contributed by atoms with Crippen LogP contribution in [0, 0.1) is 0 Å². The summed E-state index contributed by atoms with van der Waals surface area (Å²) in [6, 6.07) is 0. The van der Waals surface area contributed by atoms with Crippen molar-refractivity contribution in [3.05, 3.63) is 0 Å². The molecule has 0 bridgehead atoms. The van der Waals surface area contributed by atoms with Gasteiger partial charge in [0, 0.05) is 0 Å². The van der Waals surface area contributed by atoms with Crippen molar-refractivity contribution in [2.45, 2.75) is 30.7 Å². The molecule has 1 fully saturated rings. The molecule has 78 valence electrons. The highest BCUT2D eigenvalue weighted by Crippen LogP contribution is 2.19. The minimum absolute atomic E-state index is 0.179. The predicted octanol–water partition coefficient (Wildman–Crippen LogP) is -3.32. The SMILES string of the molecule is NOC[C@H]1O[C@H](O)[C@@H](O)[C@@H](O)[C@@H]1O. The smallest absolute Gasteiger partial charge is 0.184 e. The monoisotopic (exact) mass is 195 g/mol. The van der Waals surface area contributed by atoms with Crippen LogP contribution in [0.25, 0.3) is 0 Å². The minimum atomic E-state index is -1.54. The molecule has 1 aliphatic rings. The summed E-state index contributed by atoms with van der Waals surface area (Å²) in [5, 5.41) is 36.5. The molecule has 1 aliphatic heterocycles. The lowest BCUT2D eigenvalue weighted by Crippen LogP contribution is -2.58. The van der Waals surface area contributed by atoms with Crippen LogP contribution in [0.3, 0.4) is 0 Å². The molecule has 5 atom stereocenters. The fourth-order valence-corrected chi connectivity index (χ4v) is 1.16. The van der Waals surface area contributed by atoms with Crippen molar-refractivity contribution in [2.24, 2.45) is 5.90 Å². The molecule has 0 aromatic carbocycles. The summed E-state index contributed by atoms with van der Waals surface area (Å²) < 4.78 is 4.71. The third-order valence-corrected chi connectivity index (χ3v) is 1.95. The quantitative estimate of drug-likeness (QED) is 0.292. The van der Waals surface area contributed by atoms with Gasteiger partial charge in [0.1, 0.15) is 24.4 Å². The van der Waals surface area contributed by atoms with Crippen LogP contribution >= 0.6 is 0 Å². The van der Waals surface area contributed by atoms with Gasteiger partial charge in [-0.1, -0.05) is 0 Å². The topological polar surface area (TPSA) is 125 Å². The summed E-state index contributed by atoms with van der Waals surface area (Å²) in [6.07, 6.45) is -6.81. The lowest BCUT2D eigenvalue weighted by molar-refractivity contribution is -0.288. The number of aliphatic hydroxyl groups is 4. The Labute approximate surface area is 74.3 Å². The van der Waals surface area contributed by atoms with Crippen LogP contribution < -0.4 is 5.90 Å². The molecule has 0 amide bonds. The minimum Gasteiger partial charge on any atom is -0.387 e. The highest BCUT2D eigenvalue weighted by molar-refractivity contribution is 4.88. The molecule has 0 saturated carbocycles. The van der Waals surface area contributed by atoms with Gasteiger partial charge in [-0.25, -0.2) is 5.90 Å². The summed E-state index contributed by atoms with van der Waals surface area (Å²) in [7, 11) is 0. The first-order chi connectivity index (χ1) is 6.07. The van der Waals surface area contributed by atoms with Gasteiger partial charge in [-0.05, 0) is 0 Å². The number of ether oxygens (including phenoxy) is 1. The molecule has 0 unspecified atom stereocenters. The van der Waals surface area contributed by atoms with Crippen molar-refractivity contribution in [2.75, 3.05) is 6.61 Å². The normalized spacial score (nSPS) is 46.4. The van der Waals surface area contributed by atoms with E-state index in [0.29, 0.717) is 0 Å². The van der Waals surface area contributed by atoms with Gasteiger partial charge in [0.15, 0.2) is 6.29 Å². The number of nitrogens with two attached hydrogens (primary N) is 1. The van der Waals surface area contributed by atoms with Gasteiger partial charge < -0.3 is 30.0 Å². The molecule has 0 aromatic rings. The molecule has 7 heteroatoms. The summed E-state index contributed by atoms with van der Waals surface area (Å²) >= 11 is 0. The zero-order valence-electron chi connectivity index (χ0n) is 6.78. The summed E-state index contributed by atoms with van der Waals surface area (Å²) in [5.41, 5.74) is 0. The van der Waals surface area contributed by atoms with E-state index in [-0.39, 0.29) is 6.61 Å². The fourth-order valence-electron chi connectivity index (χ4n) is 1.16. The molecule has 0 aromatic heterocycles. The van der Waals surface area contributed by atoms with Crippen molar-refractivity contribution in [1.29, 1.82) is 0 Å². The van der Waals surface area contributed by atoms with Gasteiger partial charge in [0.25, 0.3) is 0 Å². The van der Waals surface area contributed by atoms with Gasteiger partial charge in [-0.3, -0.25) is 0 Å². The standard InChI is InChI=1S/C6H13NO6/c7-12-1-2-3(8)4(9)5(10)6(11)13-2/h2-6,8-11H,1,7H2/t2-,3-,4+,5+,6+/m1/s1. The third-order valence-electron chi connectivity index (χ3n) is 1.95. The molecular weight excluding hydrogens is 182 g/mol. The van der Waals surface area contributed by atoms with Gasteiger partial charge in [-0.15, -0.1) is 0 Å². The Morgan fingerprint density at radius 3 is 2.23 bits per heavy atom. The average molecular weight is 195 g/mol. The second-order valence-corrected chi connectivity index (χ2v) is 2.87. The molecule has 6 N–H and O–H groups in total. The molecule has 0 spiro atoms. The number of rotatable bonds is 2. The van der Waals surface area contributed by atoms with E-state index in [4.69, 9.17) is 20.8 Å². The molecule has 1 saturated heterocycles. The van der Waals surface area contributed by atoms with E-state index in [1.54, 1.807) is 0 Å². The third kappa shape index (κ3) is 2.15. The second-order valence-electron chi connectivity index (χ2n) is 2.87. The van der Waals surface area contributed by atoms with Crippen LogP contribution in [-0.2, 0) is 9.57 Å². The maximum absolute atomic E-state index is 9.28. The van der Waals surface area contributed by atoms with Crippen LogP contribution in [0.4, 0.5) is 0 Å². The van der Waals surface area contributed by atoms with Crippen LogP contribution in [0.1, 0.15) is 0 Å². The largest absolute Gasteiger partial charge is 0.387 e. The maximum atomic E-state index is 9.28. The lowest BCUT2D eigenvalue weighted by Gasteiger charge is -2.37. The number of hydrogen-bond donors (Lipinski definition) is 5. The van der Waals surface area contributed by atoms with E-state index in [1.165, 1.54) is 0 Å².